The first-order valence-electron chi connectivity index (χ1n) is 11.3. The lowest BCUT2D eigenvalue weighted by molar-refractivity contribution is -0.115. The monoisotopic (exact) mass is 475 g/mol. The number of rotatable bonds is 9. The van der Waals surface area contributed by atoms with Crippen LogP contribution in [0.25, 0.3) is 0 Å². The molecule has 1 atom stereocenters. The predicted octanol–water partition coefficient (Wildman–Crippen LogP) is 5.27. The number of ether oxygens (including phenoxy) is 2. The number of hydrogen-bond donors (Lipinski definition) is 1. The fraction of sp³-hybridized carbons (Fsp3) is 0.222. The number of ketones is 1. The van der Waals surface area contributed by atoms with E-state index >= 15 is 0 Å². The summed E-state index contributed by atoms with van der Waals surface area (Å²) in [6.07, 6.45) is 6.37. The van der Waals surface area contributed by atoms with Crippen molar-refractivity contribution in [3.63, 3.8) is 0 Å². The van der Waals surface area contributed by atoms with E-state index in [1.807, 2.05) is 6.92 Å². The Balaban J connectivity index is 1.44. The van der Waals surface area contributed by atoms with Crippen LogP contribution >= 0.6 is 0 Å². The van der Waals surface area contributed by atoms with Crippen LogP contribution in [0.15, 0.2) is 72.9 Å². The summed E-state index contributed by atoms with van der Waals surface area (Å²) in [7, 11) is 0. The number of carbonyl (C=O) groups is 2. The highest BCUT2D eigenvalue weighted by molar-refractivity contribution is 5.96. The van der Waals surface area contributed by atoms with Crippen LogP contribution in [0.5, 0.6) is 23.1 Å². The van der Waals surface area contributed by atoms with E-state index in [1.165, 1.54) is 12.1 Å². The molecule has 1 saturated heterocycles. The molecule has 8 heteroatoms. The Labute approximate surface area is 203 Å². The first-order valence-corrected chi connectivity index (χ1v) is 11.3. The topological polar surface area (TPSA) is 94.8 Å². The average molecular weight is 476 g/mol. The van der Waals surface area contributed by atoms with Gasteiger partial charge in [-0.05, 0) is 67.8 Å². The first kappa shape index (κ1) is 23.9. The lowest BCUT2D eigenvalue weighted by Gasteiger charge is -2.19. The fourth-order valence-electron chi connectivity index (χ4n) is 4.00. The number of pyridine rings is 1. The molecule has 0 spiro atoms. The molecule has 0 saturated carbocycles. The molecule has 2 heterocycles. The van der Waals surface area contributed by atoms with Crippen molar-refractivity contribution in [1.82, 2.24) is 4.98 Å². The Morgan fingerprint density at radius 2 is 1.86 bits per heavy atom. The zero-order chi connectivity index (χ0) is 24.8. The van der Waals surface area contributed by atoms with Crippen LogP contribution in [0, 0.1) is 11.7 Å². The van der Waals surface area contributed by atoms with Gasteiger partial charge in [0, 0.05) is 25.6 Å². The van der Waals surface area contributed by atoms with Gasteiger partial charge in [0.15, 0.2) is 5.78 Å². The molecule has 7 nitrogen and oxygen atoms in total. The minimum Gasteiger partial charge on any atom is -0.457 e. The number of amides is 1. The average Bonchev–Trinajstić information content (AvgIpc) is 3.29. The SMILES string of the molecule is C/C=C/C(=O)CC1CCN(c2cnc(Oc3ccc(Oc4cccc(F)c4)cc3)c(C(N)=O)c2)C1. The lowest BCUT2D eigenvalue weighted by atomic mass is 10.0. The fourth-order valence-corrected chi connectivity index (χ4v) is 4.00. The van der Waals surface area contributed by atoms with E-state index in [0.717, 1.165) is 18.7 Å². The third kappa shape index (κ3) is 6.23. The highest BCUT2D eigenvalue weighted by Crippen LogP contribution is 2.31. The predicted molar refractivity (Wildman–Crippen MR) is 131 cm³/mol. The second kappa shape index (κ2) is 10.8. The zero-order valence-electron chi connectivity index (χ0n) is 19.3. The molecule has 2 aromatic carbocycles. The summed E-state index contributed by atoms with van der Waals surface area (Å²) >= 11 is 0. The number of aromatic nitrogens is 1. The van der Waals surface area contributed by atoms with Gasteiger partial charge in [0.05, 0.1) is 11.9 Å². The van der Waals surface area contributed by atoms with Gasteiger partial charge in [-0.25, -0.2) is 9.37 Å². The minimum atomic E-state index is -0.653. The molecule has 4 rings (SSSR count). The molecule has 0 radical (unpaired) electrons. The molecule has 1 unspecified atom stereocenters. The molecule has 1 aromatic heterocycles. The van der Waals surface area contributed by atoms with Crippen LogP contribution in [0.4, 0.5) is 10.1 Å². The van der Waals surface area contributed by atoms with Crippen molar-refractivity contribution in [3.8, 4) is 23.1 Å². The summed E-state index contributed by atoms with van der Waals surface area (Å²) in [6.45, 7) is 3.30. The Hall–Kier alpha value is -4.20. The third-order valence-electron chi connectivity index (χ3n) is 5.67. The van der Waals surface area contributed by atoms with Gasteiger partial charge >= 0.3 is 0 Å². The second-order valence-corrected chi connectivity index (χ2v) is 8.31. The molecule has 0 bridgehead atoms. The minimum absolute atomic E-state index is 0.0963. The molecular weight excluding hydrogens is 449 g/mol. The summed E-state index contributed by atoms with van der Waals surface area (Å²) in [5.41, 5.74) is 6.52. The number of carbonyl (C=O) groups excluding carboxylic acids is 2. The second-order valence-electron chi connectivity index (χ2n) is 8.31. The molecular formula is C27H26FN3O4. The Morgan fingerprint density at radius 1 is 1.11 bits per heavy atom. The standard InChI is InChI=1S/C27H26FN3O4/c1-2-4-21(32)13-18-11-12-31(17-18)20-15-25(26(29)33)27(30-16-20)35-23-9-7-22(8-10-23)34-24-6-3-5-19(28)14-24/h2-10,14-16,18H,11-13,17H2,1H3,(H2,29,33)/b4-2+. The molecule has 2 N–H and O–H groups in total. The molecule has 1 amide bonds. The largest absolute Gasteiger partial charge is 0.457 e. The van der Waals surface area contributed by atoms with E-state index < -0.39 is 5.91 Å². The number of benzene rings is 2. The molecule has 1 aliphatic rings. The van der Waals surface area contributed by atoms with Crippen LogP contribution in [0.2, 0.25) is 0 Å². The lowest BCUT2D eigenvalue weighted by Crippen LogP contribution is -2.22. The Morgan fingerprint density at radius 3 is 2.54 bits per heavy atom. The van der Waals surface area contributed by atoms with Crippen LogP contribution in [-0.2, 0) is 4.79 Å². The Bertz CT molecular complexity index is 1240. The van der Waals surface area contributed by atoms with E-state index in [0.29, 0.717) is 30.2 Å². The van der Waals surface area contributed by atoms with Gasteiger partial charge in [0.25, 0.3) is 5.91 Å². The summed E-state index contributed by atoms with van der Waals surface area (Å²) in [5.74, 6) is 0.732. The highest BCUT2D eigenvalue weighted by atomic mass is 19.1. The number of halogens is 1. The van der Waals surface area contributed by atoms with Crippen molar-refractivity contribution >= 4 is 17.4 Å². The van der Waals surface area contributed by atoms with E-state index in [4.69, 9.17) is 15.2 Å². The number of hydrogen-bond acceptors (Lipinski definition) is 6. The molecule has 180 valence electrons. The van der Waals surface area contributed by atoms with Gasteiger partial charge in [0.1, 0.15) is 28.6 Å². The summed E-state index contributed by atoms with van der Waals surface area (Å²) in [6, 6.07) is 14.2. The van der Waals surface area contributed by atoms with E-state index in [9.17, 15) is 14.0 Å². The smallest absolute Gasteiger partial charge is 0.254 e. The van der Waals surface area contributed by atoms with Gasteiger partial charge < -0.3 is 20.1 Å². The molecule has 1 fully saturated rings. The van der Waals surface area contributed by atoms with Crippen molar-refractivity contribution in [3.05, 3.63) is 84.3 Å². The number of allylic oxidation sites excluding steroid dienone is 2. The summed E-state index contributed by atoms with van der Waals surface area (Å²) in [4.78, 5) is 30.5. The normalized spacial score (nSPS) is 15.4. The number of primary amides is 1. The van der Waals surface area contributed by atoms with Crippen molar-refractivity contribution in [2.75, 3.05) is 18.0 Å². The van der Waals surface area contributed by atoms with Gasteiger partial charge in [-0.1, -0.05) is 12.1 Å². The van der Waals surface area contributed by atoms with Crippen molar-refractivity contribution in [1.29, 1.82) is 0 Å². The molecule has 0 aliphatic carbocycles. The number of nitrogens with two attached hydrogens (primary N) is 1. The summed E-state index contributed by atoms with van der Waals surface area (Å²) in [5, 5.41) is 0. The van der Waals surface area contributed by atoms with Gasteiger partial charge in [-0.3, -0.25) is 9.59 Å². The van der Waals surface area contributed by atoms with Crippen molar-refractivity contribution < 1.29 is 23.5 Å². The first-order chi connectivity index (χ1) is 16.9. The van der Waals surface area contributed by atoms with Crippen LogP contribution in [-0.4, -0.2) is 29.8 Å². The third-order valence-corrected chi connectivity index (χ3v) is 5.67. The molecule has 3 aromatic rings. The van der Waals surface area contributed by atoms with Crippen LogP contribution in [0.1, 0.15) is 30.1 Å². The zero-order valence-corrected chi connectivity index (χ0v) is 19.3. The van der Waals surface area contributed by atoms with Crippen molar-refractivity contribution in [2.24, 2.45) is 11.7 Å². The van der Waals surface area contributed by atoms with Gasteiger partial charge in [-0.15, -0.1) is 0 Å². The van der Waals surface area contributed by atoms with Crippen molar-refractivity contribution in [2.45, 2.75) is 19.8 Å². The maximum atomic E-state index is 13.3. The number of nitrogens with zero attached hydrogens (tertiary/aromatic N) is 2. The van der Waals surface area contributed by atoms with E-state index in [-0.39, 0.29) is 29.0 Å². The quantitative estimate of drug-likeness (QED) is 0.424. The van der Waals surface area contributed by atoms with E-state index in [1.54, 1.807) is 60.8 Å². The van der Waals surface area contributed by atoms with E-state index in [2.05, 4.69) is 9.88 Å². The molecule has 1 aliphatic heterocycles. The van der Waals surface area contributed by atoms with Crippen LogP contribution in [0.3, 0.4) is 0 Å². The number of anilines is 1. The molecule has 35 heavy (non-hydrogen) atoms. The summed E-state index contributed by atoms with van der Waals surface area (Å²) < 4.78 is 24.8. The van der Waals surface area contributed by atoms with Gasteiger partial charge in [0.2, 0.25) is 5.88 Å². The Kier molecular flexibility index (Phi) is 7.40. The van der Waals surface area contributed by atoms with Crippen LogP contribution < -0.4 is 20.1 Å². The maximum Gasteiger partial charge on any atom is 0.254 e. The van der Waals surface area contributed by atoms with Gasteiger partial charge in [-0.2, -0.15) is 0 Å². The maximum absolute atomic E-state index is 13.3. The highest BCUT2D eigenvalue weighted by Gasteiger charge is 2.25.